The Morgan fingerprint density at radius 2 is 1.63 bits per heavy atom. The predicted octanol–water partition coefficient (Wildman–Crippen LogP) is 0.610. The summed E-state index contributed by atoms with van der Waals surface area (Å²) in [6, 6.07) is 1.69. The van der Waals surface area contributed by atoms with E-state index in [2.05, 4.69) is 15.9 Å². The quantitative estimate of drug-likeness (QED) is 0.343. The van der Waals surface area contributed by atoms with Crippen LogP contribution in [0.2, 0.25) is 0 Å². The molecule has 1 aromatic carbocycles. The number of carbonyl (C=O) groups is 3. The minimum Gasteiger partial charge on any atom is -0.504 e. The first-order valence-corrected chi connectivity index (χ1v) is 5.77. The van der Waals surface area contributed by atoms with Crippen LogP contribution in [0.1, 0.15) is 5.56 Å². The molecule has 0 atom stereocenters. The van der Waals surface area contributed by atoms with Gasteiger partial charge >= 0.3 is 6.03 Å². The number of amides is 4. The van der Waals surface area contributed by atoms with Crippen molar-refractivity contribution in [1.29, 1.82) is 0 Å². The summed E-state index contributed by atoms with van der Waals surface area (Å²) in [4.78, 5) is 33.8. The Morgan fingerprint density at radius 1 is 1.05 bits per heavy atom. The Bertz CT molecular complexity index is 593. The van der Waals surface area contributed by atoms with Crippen LogP contribution in [0.25, 0.3) is 6.08 Å². The highest BCUT2D eigenvalue weighted by Gasteiger charge is 2.27. The van der Waals surface area contributed by atoms with Crippen LogP contribution < -0.4 is 10.6 Å². The molecular weight excluding hydrogens is 320 g/mol. The number of nitrogens with one attached hydrogen (secondary N) is 2. The molecule has 19 heavy (non-hydrogen) atoms. The van der Waals surface area contributed by atoms with E-state index in [9.17, 15) is 24.6 Å². The minimum absolute atomic E-state index is 0.201. The normalized spacial score (nSPS) is 15.0. The first kappa shape index (κ1) is 13.1. The van der Waals surface area contributed by atoms with Gasteiger partial charge in [0.15, 0.2) is 11.5 Å². The van der Waals surface area contributed by atoms with Gasteiger partial charge in [-0.05, 0) is 39.7 Å². The molecule has 1 aromatic rings. The van der Waals surface area contributed by atoms with Crippen molar-refractivity contribution in [2.45, 2.75) is 0 Å². The number of carbonyl (C=O) groups excluding carboxylic acids is 3. The lowest BCUT2D eigenvalue weighted by Crippen LogP contribution is -2.51. The summed E-state index contributed by atoms with van der Waals surface area (Å²) in [6.07, 6.45) is 1.18. The summed E-state index contributed by atoms with van der Waals surface area (Å²) >= 11 is 3.01. The van der Waals surface area contributed by atoms with Crippen molar-refractivity contribution in [1.82, 2.24) is 10.6 Å². The zero-order chi connectivity index (χ0) is 14.2. The molecule has 0 radical (unpaired) electrons. The monoisotopic (exact) mass is 326 g/mol. The Balaban J connectivity index is 2.43. The fourth-order valence-electron chi connectivity index (χ4n) is 1.46. The lowest BCUT2D eigenvalue weighted by molar-refractivity contribution is -0.123. The third-order valence-electron chi connectivity index (χ3n) is 2.32. The summed E-state index contributed by atoms with van der Waals surface area (Å²) in [7, 11) is 0. The summed E-state index contributed by atoms with van der Waals surface area (Å²) in [5.41, 5.74) is 0.0217. The van der Waals surface area contributed by atoms with Crippen molar-refractivity contribution >= 4 is 39.9 Å². The summed E-state index contributed by atoms with van der Waals surface area (Å²) < 4.78 is 0.201. The van der Waals surface area contributed by atoms with Gasteiger partial charge in [-0.25, -0.2) is 4.79 Å². The van der Waals surface area contributed by atoms with E-state index in [1.807, 2.05) is 10.6 Å². The van der Waals surface area contributed by atoms with E-state index in [4.69, 9.17) is 0 Å². The number of rotatable bonds is 1. The van der Waals surface area contributed by atoms with Crippen molar-refractivity contribution in [2.24, 2.45) is 0 Å². The molecular formula is C11H7BrN2O5. The van der Waals surface area contributed by atoms with Gasteiger partial charge in [0.05, 0.1) is 4.47 Å². The molecule has 1 aliphatic rings. The molecule has 1 saturated heterocycles. The van der Waals surface area contributed by atoms with Gasteiger partial charge < -0.3 is 10.2 Å². The number of phenols is 2. The number of phenolic OH excluding ortho intramolecular Hbond substituents is 2. The maximum Gasteiger partial charge on any atom is 0.328 e. The van der Waals surface area contributed by atoms with Crippen molar-refractivity contribution in [3.8, 4) is 11.5 Å². The fraction of sp³-hybridized carbons (Fsp3) is 0. The van der Waals surface area contributed by atoms with E-state index >= 15 is 0 Å². The molecule has 0 aliphatic carbocycles. The topological polar surface area (TPSA) is 116 Å². The molecule has 0 saturated carbocycles. The van der Waals surface area contributed by atoms with Crippen LogP contribution in [0.3, 0.4) is 0 Å². The van der Waals surface area contributed by atoms with Gasteiger partial charge in [0, 0.05) is 0 Å². The standard InChI is InChI=1S/C11H7BrN2O5/c12-6-2-4(3-7(15)8(6)16)1-5-9(17)13-11(19)14-10(5)18/h1-3,15-16H,(H2,13,14,17,18,19). The maximum absolute atomic E-state index is 11.5. The van der Waals surface area contributed by atoms with Crippen LogP contribution in [0.4, 0.5) is 4.79 Å². The van der Waals surface area contributed by atoms with Gasteiger partial charge in [-0.15, -0.1) is 0 Å². The third kappa shape index (κ3) is 2.58. The molecule has 0 unspecified atom stereocenters. The first-order valence-electron chi connectivity index (χ1n) is 4.98. The van der Waals surface area contributed by atoms with Gasteiger partial charge in [0.2, 0.25) is 0 Å². The Kier molecular flexibility index (Phi) is 3.26. The van der Waals surface area contributed by atoms with Crippen molar-refractivity contribution in [3.63, 3.8) is 0 Å². The molecule has 1 heterocycles. The van der Waals surface area contributed by atoms with E-state index in [0.29, 0.717) is 5.56 Å². The second kappa shape index (κ2) is 4.73. The lowest BCUT2D eigenvalue weighted by Gasteiger charge is -2.14. The highest BCUT2D eigenvalue weighted by atomic mass is 79.9. The van der Waals surface area contributed by atoms with Gasteiger partial charge in [-0.2, -0.15) is 0 Å². The number of barbiturate groups is 1. The summed E-state index contributed by atoms with van der Waals surface area (Å²) in [5.74, 6) is -2.43. The molecule has 1 fully saturated rings. The van der Waals surface area contributed by atoms with Crippen molar-refractivity contribution in [3.05, 3.63) is 27.7 Å². The highest BCUT2D eigenvalue weighted by molar-refractivity contribution is 9.10. The van der Waals surface area contributed by atoms with Gasteiger partial charge in [-0.3, -0.25) is 20.2 Å². The molecule has 4 N–H and O–H groups in total. The SMILES string of the molecule is O=C1NC(=O)C(=Cc2cc(O)c(O)c(Br)c2)C(=O)N1. The van der Waals surface area contributed by atoms with Crippen LogP contribution in [0.5, 0.6) is 11.5 Å². The average molecular weight is 327 g/mol. The van der Waals surface area contributed by atoms with Gasteiger partial charge in [0.25, 0.3) is 11.8 Å². The molecule has 1 aliphatic heterocycles. The second-order valence-corrected chi connectivity index (χ2v) is 4.52. The highest BCUT2D eigenvalue weighted by Crippen LogP contribution is 2.34. The van der Waals surface area contributed by atoms with Crippen molar-refractivity contribution in [2.75, 3.05) is 0 Å². The Hall–Kier alpha value is -2.35. The average Bonchev–Trinajstić information content (AvgIpc) is 2.30. The third-order valence-corrected chi connectivity index (χ3v) is 2.92. The number of halogens is 1. The molecule has 2 rings (SSSR count). The zero-order valence-electron chi connectivity index (χ0n) is 9.23. The van der Waals surface area contributed by atoms with Gasteiger partial charge in [0.1, 0.15) is 5.57 Å². The molecule has 7 nitrogen and oxygen atoms in total. The van der Waals surface area contributed by atoms with Crippen LogP contribution in [-0.2, 0) is 9.59 Å². The number of benzene rings is 1. The maximum atomic E-state index is 11.5. The number of imide groups is 2. The van der Waals surface area contributed by atoms with E-state index in [1.54, 1.807) is 0 Å². The fourth-order valence-corrected chi connectivity index (χ4v) is 1.93. The van der Waals surface area contributed by atoms with E-state index in [0.717, 1.165) is 0 Å². The molecule has 0 aromatic heterocycles. The molecule has 0 spiro atoms. The predicted molar refractivity (Wildman–Crippen MR) is 67.1 cm³/mol. The number of hydrogen-bond acceptors (Lipinski definition) is 5. The molecule has 98 valence electrons. The minimum atomic E-state index is -0.887. The van der Waals surface area contributed by atoms with Crippen LogP contribution in [0.15, 0.2) is 22.2 Å². The Morgan fingerprint density at radius 3 is 2.16 bits per heavy atom. The largest absolute Gasteiger partial charge is 0.504 e. The van der Waals surface area contributed by atoms with Crippen molar-refractivity contribution < 1.29 is 24.6 Å². The second-order valence-electron chi connectivity index (χ2n) is 3.67. The smallest absolute Gasteiger partial charge is 0.328 e. The van der Waals surface area contributed by atoms with Crippen LogP contribution >= 0.6 is 15.9 Å². The van der Waals surface area contributed by atoms with Crippen LogP contribution in [0, 0.1) is 0 Å². The molecule has 0 bridgehead atoms. The summed E-state index contributed by atoms with van der Waals surface area (Å²) in [6.45, 7) is 0. The number of hydrogen-bond donors (Lipinski definition) is 4. The van der Waals surface area contributed by atoms with E-state index < -0.39 is 23.6 Å². The molecule has 8 heteroatoms. The molecule has 4 amide bonds. The Labute approximate surface area is 115 Å². The first-order chi connectivity index (χ1) is 8.88. The number of aromatic hydroxyl groups is 2. The van der Waals surface area contributed by atoms with Gasteiger partial charge in [-0.1, -0.05) is 0 Å². The summed E-state index contributed by atoms with van der Waals surface area (Å²) in [5, 5.41) is 22.6. The van der Waals surface area contributed by atoms with E-state index in [1.165, 1.54) is 18.2 Å². The lowest BCUT2D eigenvalue weighted by atomic mass is 10.1. The van der Waals surface area contributed by atoms with Crippen LogP contribution in [-0.4, -0.2) is 28.1 Å². The number of urea groups is 1. The zero-order valence-corrected chi connectivity index (χ0v) is 10.8. The van der Waals surface area contributed by atoms with E-state index in [-0.39, 0.29) is 15.8 Å².